The zero-order valence-corrected chi connectivity index (χ0v) is 15.6. The van der Waals surface area contributed by atoms with Gasteiger partial charge in [0.2, 0.25) is 11.8 Å². The summed E-state index contributed by atoms with van der Waals surface area (Å²) in [7, 11) is 1.51. The summed E-state index contributed by atoms with van der Waals surface area (Å²) in [6.07, 6.45) is 0.778. The van der Waals surface area contributed by atoms with Crippen molar-refractivity contribution in [3.05, 3.63) is 58.9 Å². The highest BCUT2D eigenvalue weighted by Crippen LogP contribution is 2.29. The van der Waals surface area contributed by atoms with Crippen LogP contribution >= 0.6 is 11.6 Å². The van der Waals surface area contributed by atoms with Crippen molar-refractivity contribution in [2.24, 2.45) is 5.92 Å². The number of carbonyl (C=O) groups is 2. The number of anilines is 1. The Morgan fingerprint density at radius 3 is 2.74 bits per heavy atom. The van der Waals surface area contributed by atoms with Crippen LogP contribution in [0.2, 0.25) is 5.02 Å². The lowest BCUT2D eigenvalue weighted by Gasteiger charge is -2.17. The van der Waals surface area contributed by atoms with Crippen LogP contribution < -0.4 is 10.1 Å². The molecule has 0 bridgehead atoms. The molecule has 2 aromatic rings. The Labute approximate surface area is 162 Å². The maximum absolute atomic E-state index is 13.0. The van der Waals surface area contributed by atoms with Gasteiger partial charge >= 0.3 is 0 Å². The molecule has 3 rings (SSSR count). The third kappa shape index (κ3) is 4.77. The SMILES string of the molecule is COc1ccc(Cl)cc1NC(=O)C1CC(=O)N(CCc2ccc(F)cc2)C1. The zero-order chi connectivity index (χ0) is 19.4. The van der Waals surface area contributed by atoms with E-state index in [0.29, 0.717) is 36.0 Å². The van der Waals surface area contributed by atoms with E-state index in [1.165, 1.54) is 19.2 Å². The quantitative estimate of drug-likeness (QED) is 0.821. The van der Waals surface area contributed by atoms with E-state index in [1.807, 2.05) is 0 Å². The van der Waals surface area contributed by atoms with Crippen LogP contribution in [-0.2, 0) is 16.0 Å². The smallest absolute Gasteiger partial charge is 0.229 e. The second kappa shape index (κ2) is 8.39. The van der Waals surface area contributed by atoms with Crippen LogP contribution in [0.5, 0.6) is 5.75 Å². The van der Waals surface area contributed by atoms with Crippen molar-refractivity contribution in [3.8, 4) is 5.75 Å². The monoisotopic (exact) mass is 390 g/mol. The number of amides is 2. The van der Waals surface area contributed by atoms with Crippen molar-refractivity contribution in [2.45, 2.75) is 12.8 Å². The molecule has 0 aliphatic carbocycles. The fourth-order valence-electron chi connectivity index (χ4n) is 3.09. The van der Waals surface area contributed by atoms with Gasteiger partial charge in [-0.25, -0.2) is 4.39 Å². The first-order valence-electron chi connectivity index (χ1n) is 8.63. The van der Waals surface area contributed by atoms with Gasteiger partial charge in [-0.05, 0) is 42.3 Å². The first-order valence-corrected chi connectivity index (χ1v) is 9.00. The Balaban J connectivity index is 1.58. The molecule has 1 N–H and O–H groups in total. The Bertz CT molecular complexity index is 842. The average Bonchev–Trinajstić information content (AvgIpc) is 3.02. The molecule has 0 aromatic heterocycles. The molecule has 1 unspecified atom stereocenters. The first-order chi connectivity index (χ1) is 13.0. The summed E-state index contributed by atoms with van der Waals surface area (Å²) in [4.78, 5) is 26.5. The number of hydrogen-bond donors (Lipinski definition) is 1. The van der Waals surface area contributed by atoms with Gasteiger partial charge < -0.3 is 15.0 Å². The highest BCUT2D eigenvalue weighted by molar-refractivity contribution is 6.31. The first kappa shape index (κ1) is 19.2. The molecule has 0 saturated carbocycles. The molecular weight excluding hydrogens is 371 g/mol. The Morgan fingerprint density at radius 1 is 1.30 bits per heavy atom. The van der Waals surface area contributed by atoms with Gasteiger partial charge in [0.15, 0.2) is 0 Å². The minimum Gasteiger partial charge on any atom is -0.495 e. The molecule has 2 amide bonds. The van der Waals surface area contributed by atoms with Crippen LogP contribution in [0.1, 0.15) is 12.0 Å². The number of methoxy groups -OCH3 is 1. The third-order valence-electron chi connectivity index (χ3n) is 4.59. The van der Waals surface area contributed by atoms with E-state index in [9.17, 15) is 14.0 Å². The molecule has 27 heavy (non-hydrogen) atoms. The Kier molecular flexibility index (Phi) is 5.96. The van der Waals surface area contributed by atoms with Crippen molar-refractivity contribution in [1.82, 2.24) is 4.90 Å². The number of nitrogens with zero attached hydrogens (tertiary/aromatic N) is 1. The number of halogens is 2. The van der Waals surface area contributed by atoms with Gasteiger partial charge in [0.05, 0.1) is 18.7 Å². The van der Waals surface area contributed by atoms with Crippen molar-refractivity contribution in [2.75, 3.05) is 25.5 Å². The minimum atomic E-state index is -0.436. The average molecular weight is 391 g/mol. The van der Waals surface area contributed by atoms with Gasteiger partial charge in [-0.2, -0.15) is 0 Å². The van der Waals surface area contributed by atoms with E-state index >= 15 is 0 Å². The van der Waals surface area contributed by atoms with Crippen LogP contribution in [-0.4, -0.2) is 36.9 Å². The van der Waals surface area contributed by atoms with Gasteiger partial charge in [0.1, 0.15) is 11.6 Å². The lowest BCUT2D eigenvalue weighted by atomic mass is 10.1. The third-order valence-corrected chi connectivity index (χ3v) is 4.82. The molecule has 1 fully saturated rings. The number of rotatable bonds is 6. The summed E-state index contributed by atoms with van der Waals surface area (Å²) in [6.45, 7) is 0.851. The maximum atomic E-state index is 13.0. The molecule has 7 heteroatoms. The van der Waals surface area contributed by atoms with Crippen LogP contribution in [0, 0.1) is 11.7 Å². The van der Waals surface area contributed by atoms with Gasteiger partial charge in [0.25, 0.3) is 0 Å². The van der Waals surface area contributed by atoms with Crippen LogP contribution in [0.4, 0.5) is 10.1 Å². The molecular formula is C20H20ClFN2O3. The highest BCUT2D eigenvalue weighted by Gasteiger charge is 2.34. The van der Waals surface area contributed by atoms with E-state index < -0.39 is 5.92 Å². The van der Waals surface area contributed by atoms with E-state index in [1.54, 1.807) is 35.2 Å². The van der Waals surface area contributed by atoms with Crippen molar-refractivity contribution < 1.29 is 18.7 Å². The molecule has 0 spiro atoms. The molecule has 1 aliphatic heterocycles. The van der Waals surface area contributed by atoms with Gasteiger partial charge in [-0.3, -0.25) is 9.59 Å². The standard InChI is InChI=1S/C20H20ClFN2O3/c1-27-18-7-4-15(21)11-17(18)23-20(26)14-10-19(25)24(12-14)9-8-13-2-5-16(22)6-3-13/h2-7,11,14H,8-10,12H2,1H3,(H,23,26). The lowest BCUT2D eigenvalue weighted by molar-refractivity contribution is -0.128. The Hall–Kier alpha value is -2.60. The fourth-order valence-corrected chi connectivity index (χ4v) is 3.26. The van der Waals surface area contributed by atoms with Crippen LogP contribution in [0.3, 0.4) is 0 Å². The molecule has 1 heterocycles. The number of hydrogen-bond acceptors (Lipinski definition) is 3. The zero-order valence-electron chi connectivity index (χ0n) is 14.9. The largest absolute Gasteiger partial charge is 0.495 e. The van der Waals surface area contributed by atoms with E-state index in [-0.39, 0.29) is 24.1 Å². The molecule has 1 aliphatic rings. The second-order valence-electron chi connectivity index (χ2n) is 6.45. The van der Waals surface area contributed by atoms with Crippen molar-refractivity contribution in [3.63, 3.8) is 0 Å². The molecule has 1 saturated heterocycles. The molecule has 0 radical (unpaired) electrons. The van der Waals surface area contributed by atoms with Gasteiger partial charge in [0, 0.05) is 24.5 Å². The number of nitrogens with one attached hydrogen (secondary N) is 1. The predicted octanol–water partition coefficient (Wildman–Crippen LogP) is 3.52. The number of carbonyl (C=O) groups excluding carboxylic acids is 2. The summed E-state index contributed by atoms with van der Waals surface area (Å²) in [5.74, 6) is -0.521. The van der Waals surface area contributed by atoms with E-state index in [2.05, 4.69) is 5.32 Å². The van der Waals surface area contributed by atoms with Crippen molar-refractivity contribution in [1.29, 1.82) is 0 Å². The lowest BCUT2D eigenvalue weighted by Crippen LogP contribution is -2.30. The topological polar surface area (TPSA) is 58.6 Å². The minimum absolute atomic E-state index is 0.0599. The summed E-state index contributed by atoms with van der Waals surface area (Å²) in [5.41, 5.74) is 1.42. The van der Waals surface area contributed by atoms with Crippen LogP contribution in [0.25, 0.3) is 0 Å². The normalized spacial score (nSPS) is 16.5. The molecule has 5 nitrogen and oxygen atoms in total. The number of likely N-dealkylation sites (tertiary alicyclic amines) is 1. The second-order valence-corrected chi connectivity index (χ2v) is 6.89. The summed E-state index contributed by atoms with van der Waals surface area (Å²) >= 11 is 5.98. The van der Waals surface area contributed by atoms with Gasteiger partial charge in [-0.1, -0.05) is 23.7 Å². The number of benzene rings is 2. The summed E-state index contributed by atoms with van der Waals surface area (Å²) < 4.78 is 18.2. The summed E-state index contributed by atoms with van der Waals surface area (Å²) in [6, 6.07) is 11.2. The predicted molar refractivity (Wildman–Crippen MR) is 101 cm³/mol. The molecule has 2 aromatic carbocycles. The molecule has 1 atom stereocenters. The summed E-state index contributed by atoms with van der Waals surface area (Å²) in [5, 5.41) is 3.28. The van der Waals surface area contributed by atoms with E-state index in [4.69, 9.17) is 16.3 Å². The fraction of sp³-hybridized carbons (Fsp3) is 0.300. The van der Waals surface area contributed by atoms with Gasteiger partial charge in [-0.15, -0.1) is 0 Å². The highest BCUT2D eigenvalue weighted by atomic mass is 35.5. The Morgan fingerprint density at radius 2 is 2.04 bits per heavy atom. The van der Waals surface area contributed by atoms with Crippen LogP contribution in [0.15, 0.2) is 42.5 Å². The number of ether oxygens (including phenoxy) is 1. The van der Waals surface area contributed by atoms with E-state index in [0.717, 1.165) is 5.56 Å². The van der Waals surface area contributed by atoms with Crippen molar-refractivity contribution >= 4 is 29.1 Å². The maximum Gasteiger partial charge on any atom is 0.229 e. The molecule has 142 valence electrons.